The van der Waals surface area contributed by atoms with E-state index in [2.05, 4.69) is 20.4 Å². The molecule has 0 unspecified atom stereocenters. The smallest absolute Gasteiger partial charge is 0.266 e. The molecule has 5 nitrogen and oxygen atoms in total. The van der Waals surface area contributed by atoms with Gasteiger partial charge in [-0.3, -0.25) is 0 Å². The zero-order chi connectivity index (χ0) is 11.2. The lowest BCUT2D eigenvalue weighted by atomic mass is 10.1. The van der Waals surface area contributed by atoms with Crippen LogP contribution in [0, 0.1) is 0 Å². The number of aryl methyl sites for hydroxylation is 1. The Bertz CT molecular complexity index is 307. The van der Waals surface area contributed by atoms with Gasteiger partial charge in [0.1, 0.15) is 0 Å². The van der Waals surface area contributed by atoms with E-state index < -0.39 is 0 Å². The first-order valence-electron chi connectivity index (χ1n) is 6.12. The van der Waals surface area contributed by atoms with Crippen molar-refractivity contribution >= 4 is 5.95 Å². The van der Waals surface area contributed by atoms with Crippen LogP contribution in [-0.2, 0) is 6.42 Å². The van der Waals surface area contributed by atoms with Gasteiger partial charge in [-0.25, -0.2) is 0 Å². The Morgan fingerprint density at radius 3 is 2.88 bits per heavy atom. The Morgan fingerprint density at radius 1 is 1.31 bits per heavy atom. The topological polar surface area (TPSA) is 54.2 Å². The number of piperidine rings is 1. The molecule has 0 aliphatic carbocycles. The predicted molar refractivity (Wildman–Crippen MR) is 62.6 cm³/mol. The second-order valence-electron chi connectivity index (χ2n) is 4.24. The van der Waals surface area contributed by atoms with Crippen LogP contribution in [0.3, 0.4) is 0 Å². The average molecular weight is 224 g/mol. The minimum absolute atomic E-state index is 0.760. The van der Waals surface area contributed by atoms with Crippen LogP contribution in [0.1, 0.15) is 31.6 Å². The fraction of sp³-hybridized carbons (Fsp3) is 0.818. The number of nitrogens with one attached hydrogen (secondary N) is 1. The summed E-state index contributed by atoms with van der Waals surface area (Å²) >= 11 is 0. The highest BCUT2D eigenvalue weighted by atomic mass is 16.5. The van der Waals surface area contributed by atoms with Crippen molar-refractivity contribution in [3.63, 3.8) is 0 Å². The highest BCUT2D eigenvalue weighted by Gasteiger charge is 2.16. The van der Waals surface area contributed by atoms with Gasteiger partial charge >= 0.3 is 0 Å². The van der Waals surface area contributed by atoms with Gasteiger partial charge in [0, 0.05) is 19.5 Å². The van der Waals surface area contributed by atoms with Crippen molar-refractivity contribution in [1.29, 1.82) is 0 Å². The van der Waals surface area contributed by atoms with Crippen LogP contribution in [0.15, 0.2) is 4.52 Å². The Hall–Kier alpha value is -1.10. The molecule has 0 atom stereocenters. The van der Waals surface area contributed by atoms with Gasteiger partial charge in [0.05, 0.1) is 0 Å². The summed E-state index contributed by atoms with van der Waals surface area (Å²) in [4.78, 5) is 6.64. The average Bonchev–Trinajstić information content (AvgIpc) is 2.79. The third-order valence-corrected chi connectivity index (χ3v) is 2.91. The molecule has 0 radical (unpaired) electrons. The summed E-state index contributed by atoms with van der Waals surface area (Å²) in [6, 6.07) is 0. The van der Waals surface area contributed by atoms with E-state index in [0.717, 1.165) is 44.3 Å². The van der Waals surface area contributed by atoms with Crippen molar-refractivity contribution < 1.29 is 4.52 Å². The lowest BCUT2D eigenvalue weighted by Gasteiger charge is -2.24. The van der Waals surface area contributed by atoms with Crippen LogP contribution in [0.4, 0.5) is 5.95 Å². The molecular formula is C11H20N4O. The van der Waals surface area contributed by atoms with Crippen molar-refractivity contribution in [2.45, 2.75) is 32.1 Å². The summed E-state index contributed by atoms with van der Waals surface area (Å²) in [5.41, 5.74) is 0. The van der Waals surface area contributed by atoms with E-state index in [0.29, 0.717) is 0 Å². The first kappa shape index (κ1) is 11.4. The van der Waals surface area contributed by atoms with Crippen LogP contribution in [0.2, 0.25) is 0 Å². The summed E-state index contributed by atoms with van der Waals surface area (Å²) < 4.78 is 5.23. The van der Waals surface area contributed by atoms with E-state index in [-0.39, 0.29) is 0 Å². The fourth-order valence-corrected chi connectivity index (χ4v) is 1.99. The first-order chi connectivity index (χ1) is 7.90. The number of nitrogens with zero attached hydrogens (tertiary/aromatic N) is 3. The summed E-state index contributed by atoms with van der Waals surface area (Å²) in [6.45, 7) is 3.12. The van der Waals surface area contributed by atoms with Gasteiger partial charge in [-0.05, 0) is 44.4 Å². The number of aromatic nitrogens is 2. The fourth-order valence-electron chi connectivity index (χ4n) is 1.99. The highest BCUT2D eigenvalue weighted by Crippen LogP contribution is 2.16. The summed E-state index contributed by atoms with van der Waals surface area (Å²) in [6.07, 6.45) is 5.70. The number of anilines is 1. The van der Waals surface area contributed by atoms with Gasteiger partial charge in [0.25, 0.3) is 5.95 Å². The summed E-state index contributed by atoms with van der Waals surface area (Å²) in [5, 5.41) is 7.15. The molecule has 1 aliphatic rings. The molecule has 1 aromatic heterocycles. The van der Waals surface area contributed by atoms with Gasteiger partial charge in [0.2, 0.25) is 5.89 Å². The third-order valence-electron chi connectivity index (χ3n) is 2.91. The van der Waals surface area contributed by atoms with Gasteiger partial charge in [-0.2, -0.15) is 4.98 Å². The molecule has 2 rings (SSSR count). The molecular weight excluding hydrogens is 204 g/mol. The van der Waals surface area contributed by atoms with Crippen molar-refractivity contribution in [3.05, 3.63) is 5.89 Å². The monoisotopic (exact) mass is 224 g/mol. The molecule has 16 heavy (non-hydrogen) atoms. The molecule has 0 saturated carbocycles. The molecule has 1 aromatic rings. The van der Waals surface area contributed by atoms with Crippen LogP contribution < -0.4 is 10.2 Å². The van der Waals surface area contributed by atoms with Gasteiger partial charge in [-0.1, -0.05) is 0 Å². The second kappa shape index (κ2) is 5.84. The summed E-state index contributed by atoms with van der Waals surface area (Å²) in [5.74, 6) is 1.54. The van der Waals surface area contributed by atoms with E-state index in [1.165, 1.54) is 19.3 Å². The molecule has 0 amide bonds. The third kappa shape index (κ3) is 2.95. The number of hydrogen-bond donors (Lipinski definition) is 1. The van der Waals surface area contributed by atoms with E-state index in [4.69, 9.17) is 4.52 Å². The van der Waals surface area contributed by atoms with Crippen molar-refractivity contribution in [3.8, 4) is 0 Å². The maximum absolute atomic E-state index is 5.23. The molecule has 0 spiro atoms. The minimum Gasteiger partial charge on any atom is -0.338 e. The Morgan fingerprint density at radius 2 is 2.12 bits per heavy atom. The van der Waals surface area contributed by atoms with Crippen LogP contribution in [0.5, 0.6) is 0 Å². The zero-order valence-electron chi connectivity index (χ0n) is 9.91. The Kier molecular flexibility index (Phi) is 4.16. The zero-order valence-corrected chi connectivity index (χ0v) is 9.91. The van der Waals surface area contributed by atoms with E-state index >= 15 is 0 Å². The molecule has 1 saturated heterocycles. The molecule has 0 aromatic carbocycles. The predicted octanol–water partition coefficient (Wildman–Crippen LogP) is 1.21. The molecule has 5 heteroatoms. The standard InChI is InChI=1S/C11H20N4O/c1-12-7-5-6-10-13-11(14-16-10)15-8-3-2-4-9-15/h12H,2-9H2,1H3. The molecule has 1 N–H and O–H groups in total. The largest absolute Gasteiger partial charge is 0.338 e. The molecule has 90 valence electrons. The normalized spacial score (nSPS) is 16.7. The number of hydrogen-bond acceptors (Lipinski definition) is 5. The highest BCUT2D eigenvalue weighted by molar-refractivity contribution is 5.27. The van der Waals surface area contributed by atoms with E-state index in [1.807, 2.05) is 7.05 Å². The second-order valence-corrected chi connectivity index (χ2v) is 4.24. The molecule has 0 bridgehead atoms. The van der Waals surface area contributed by atoms with Gasteiger partial charge in [-0.15, -0.1) is 0 Å². The SMILES string of the molecule is CNCCCc1nc(N2CCCCC2)no1. The van der Waals surface area contributed by atoms with Crippen molar-refractivity contribution in [2.24, 2.45) is 0 Å². The molecule has 1 fully saturated rings. The van der Waals surface area contributed by atoms with Crippen LogP contribution in [0.25, 0.3) is 0 Å². The van der Waals surface area contributed by atoms with Crippen molar-refractivity contribution in [1.82, 2.24) is 15.5 Å². The minimum atomic E-state index is 0.760. The lowest BCUT2D eigenvalue weighted by Crippen LogP contribution is -2.30. The number of rotatable bonds is 5. The maximum Gasteiger partial charge on any atom is 0.266 e. The van der Waals surface area contributed by atoms with Gasteiger partial charge < -0.3 is 14.7 Å². The Balaban J connectivity index is 1.85. The Labute approximate surface area is 96.2 Å². The maximum atomic E-state index is 5.23. The van der Waals surface area contributed by atoms with Gasteiger partial charge in [0.15, 0.2) is 0 Å². The lowest BCUT2D eigenvalue weighted by molar-refractivity contribution is 0.373. The quantitative estimate of drug-likeness (QED) is 0.762. The van der Waals surface area contributed by atoms with E-state index in [9.17, 15) is 0 Å². The molecule has 1 aliphatic heterocycles. The van der Waals surface area contributed by atoms with Crippen LogP contribution in [-0.4, -0.2) is 36.8 Å². The van der Waals surface area contributed by atoms with Crippen LogP contribution >= 0.6 is 0 Å². The summed E-state index contributed by atoms with van der Waals surface area (Å²) in [7, 11) is 1.95. The van der Waals surface area contributed by atoms with E-state index in [1.54, 1.807) is 0 Å². The first-order valence-corrected chi connectivity index (χ1v) is 6.12. The van der Waals surface area contributed by atoms with Crippen molar-refractivity contribution in [2.75, 3.05) is 31.6 Å². The molecule has 2 heterocycles.